The lowest BCUT2D eigenvalue weighted by Gasteiger charge is -2.34. The number of piperidine rings is 1. The molecule has 0 saturated carbocycles. The third-order valence-corrected chi connectivity index (χ3v) is 4.97. The molecule has 2 heterocycles. The number of nitrogens with zero attached hydrogens (tertiary/aromatic N) is 2. The fraction of sp³-hybridized carbons (Fsp3) is 0.500. The van der Waals surface area contributed by atoms with Gasteiger partial charge in [0.05, 0.1) is 10.2 Å². The molecule has 7 heteroatoms. The second-order valence-corrected chi connectivity index (χ2v) is 6.28. The minimum absolute atomic E-state index is 0.330. The number of aliphatic hydroxyl groups is 1. The van der Waals surface area contributed by atoms with Crippen molar-refractivity contribution in [2.24, 2.45) is 5.92 Å². The molecule has 3 nitrogen and oxygen atoms in total. The summed E-state index contributed by atoms with van der Waals surface area (Å²) >= 11 is 1.55. The monoisotopic (exact) mass is 316 g/mol. The fourth-order valence-corrected chi connectivity index (χ4v) is 3.69. The van der Waals surface area contributed by atoms with Crippen molar-refractivity contribution in [2.75, 3.05) is 18.0 Å². The number of anilines is 1. The summed E-state index contributed by atoms with van der Waals surface area (Å²) < 4.78 is 38.6. The lowest BCUT2D eigenvalue weighted by molar-refractivity contribution is -0.221. The maximum Gasteiger partial charge on any atom is 0.414 e. The van der Waals surface area contributed by atoms with Gasteiger partial charge in [-0.1, -0.05) is 23.5 Å². The van der Waals surface area contributed by atoms with Gasteiger partial charge < -0.3 is 10.0 Å². The van der Waals surface area contributed by atoms with Crippen molar-refractivity contribution >= 4 is 26.7 Å². The Bertz CT molecular complexity index is 587. The van der Waals surface area contributed by atoms with Crippen LogP contribution in [-0.2, 0) is 0 Å². The Labute approximate surface area is 124 Å². The Morgan fingerprint density at radius 3 is 2.52 bits per heavy atom. The molecule has 1 atom stereocenters. The molecule has 1 fully saturated rings. The number of thiazole rings is 1. The Balaban J connectivity index is 1.68. The summed E-state index contributed by atoms with van der Waals surface area (Å²) in [6, 6.07) is 7.76. The van der Waals surface area contributed by atoms with Crippen molar-refractivity contribution in [3.05, 3.63) is 24.3 Å². The van der Waals surface area contributed by atoms with Gasteiger partial charge in [0.2, 0.25) is 0 Å². The lowest BCUT2D eigenvalue weighted by Crippen LogP contribution is -2.43. The Kier molecular flexibility index (Phi) is 3.79. The second kappa shape index (κ2) is 5.46. The van der Waals surface area contributed by atoms with Gasteiger partial charge >= 0.3 is 6.18 Å². The van der Waals surface area contributed by atoms with E-state index in [0.717, 1.165) is 15.3 Å². The number of para-hydroxylation sites is 1. The molecule has 3 rings (SSSR count). The van der Waals surface area contributed by atoms with Gasteiger partial charge in [0.15, 0.2) is 11.2 Å². The van der Waals surface area contributed by atoms with Crippen LogP contribution >= 0.6 is 11.3 Å². The van der Waals surface area contributed by atoms with E-state index >= 15 is 0 Å². The maximum absolute atomic E-state index is 12.5. The maximum atomic E-state index is 12.5. The predicted octanol–water partition coefficient (Wildman–Crippen LogP) is 3.44. The van der Waals surface area contributed by atoms with Crippen molar-refractivity contribution in [1.29, 1.82) is 0 Å². The zero-order valence-electron chi connectivity index (χ0n) is 11.2. The highest BCUT2D eigenvalue weighted by atomic mass is 32.1. The molecule has 1 unspecified atom stereocenters. The molecule has 21 heavy (non-hydrogen) atoms. The minimum atomic E-state index is -4.53. The van der Waals surface area contributed by atoms with Gasteiger partial charge in [-0.2, -0.15) is 13.2 Å². The number of halogens is 3. The van der Waals surface area contributed by atoms with Crippen LogP contribution in [0.5, 0.6) is 0 Å². The van der Waals surface area contributed by atoms with Crippen LogP contribution in [0.4, 0.5) is 18.3 Å². The molecule has 2 aromatic rings. The van der Waals surface area contributed by atoms with Crippen molar-refractivity contribution in [1.82, 2.24) is 4.98 Å². The van der Waals surface area contributed by atoms with Crippen molar-refractivity contribution in [2.45, 2.75) is 25.1 Å². The van der Waals surface area contributed by atoms with E-state index in [-0.39, 0.29) is 0 Å². The number of rotatable bonds is 2. The molecular formula is C14H15F3N2OS. The smallest absolute Gasteiger partial charge is 0.383 e. The van der Waals surface area contributed by atoms with Gasteiger partial charge in [-0.15, -0.1) is 0 Å². The van der Waals surface area contributed by atoms with E-state index in [0.29, 0.717) is 25.9 Å². The average molecular weight is 316 g/mol. The molecule has 1 aromatic heterocycles. The van der Waals surface area contributed by atoms with Gasteiger partial charge in [0.1, 0.15) is 0 Å². The number of hydrogen-bond acceptors (Lipinski definition) is 4. The van der Waals surface area contributed by atoms with Crippen LogP contribution in [-0.4, -0.2) is 35.5 Å². The summed E-state index contributed by atoms with van der Waals surface area (Å²) in [4.78, 5) is 6.52. The molecule has 1 saturated heterocycles. The Hall–Kier alpha value is -1.34. The zero-order chi connectivity index (χ0) is 15.0. The largest absolute Gasteiger partial charge is 0.414 e. The summed E-state index contributed by atoms with van der Waals surface area (Å²) in [6.45, 7) is 0.995. The van der Waals surface area contributed by atoms with Crippen LogP contribution in [0.1, 0.15) is 12.8 Å². The quantitative estimate of drug-likeness (QED) is 0.922. The van der Waals surface area contributed by atoms with E-state index < -0.39 is 18.2 Å². The van der Waals surface area contributed by atoms with E-state index in [2.05, 4.69) is 4.98 Å². The molecule has 1 aromatic carbocycles. The molecule has 1 aliphatic heterocycles. The van der Waals surface area contributed by atoms with Gasteiger partial charge in [0.25, 0.3) is 0 Å². The summed E-state index contributed by atoms with van der Waals surface area (Å²) in [5.74, 6) is -0.712. The number of aromatic nitrogens is 1. The van der Waals surface area contributed by atoms with Crippen LogP contribution in [0.2, 0.25) is 0 Å². The van der Waals surface area contributed by atoms with Crippen LogP contribution in [0, 0.1) is 5.92 Å². The van der Waals surface area contributed by atoms with E-state index in [1.165, 1.54) is 0 Å². The fourth-order valence-electron chi connectivity index (χ4n) is 2.67. The van der Waals surface area contributed by atoms with Gasteiger partial charge in [0, 0.05) is 13.1 Å². The number of hydrogen-bond donors (Lipinski definition) is 1. The third-order valence-electron chi connectivity index (χ3n) is 3.87. The Morgan fingerprint density at radius 1 is 1.24 bits per heavy atom. The molecule has 0 radical (unpaired) electrons. The highest BCUT2D eigenvalue weighted by Gasteiger charge is 2.44. The third kappa shape index (κ3) is 2.98. The molecule has 1 N–H and O–H groups in total. The summed E-state index contributed by atoms with van der Waals surface area (Å²) in [7, 11) is 0. The highest BCUT2D eigenvalue weighted by molar-refractivity contribution is 7.22. The highest BCUT2D eigenvalue weighted by Crippen LogP contribution is 2.35. The summed E-state index contributed by atoms with van der Waals surface area (Å²) in [6.07, 6.45) is -6.08. The lowest BCUT2D eigenvalue weighted by atomic mass is 9.91. The molecule has 114 valence electrons. The second-order valence-electron chi connectivity index (χ2n) is 5.28. The number of benzene rings is 1. The molecule has 0 spiro atoms. The Morgan fingerprint density at radius 2 is 1.90 bits per heavy atom. The van der Waals surface area contributed by atoms with E-state index in [9.17, 15) is 18.3 Å². The molecule has 0 aliphatic carbocycles. The SMILES string of the molecule is OC(C1CCN(c2nc3ccccc3s2)CC1)C(F)(F)F. The van der Waals surface area contributed by atoms with Crippen LogP contribution in [0.25, 0.3) is 10.2 Å². The molecule has 1 aliphatic rings. The van der Waals surface area contributed by atoms with Crippen molar-refractivity contribution < 1.29 is 18.3 Å². The first kappa shape index (κ1) is 14.6. The first-order chi connectivity index (χ1) is 9.95. The topological polar surface area (TPSA) is 36.4 Å². The first-order valence-corrected chi connectivity index (χ1v) is 7.62. The first-order valence-electron chi connectivity index (χ1n) is 6.80. The summed E-state index contributed by atoms with van der Waals surface area (Å²) in [5, 5.41) is 10.2. The summed E-state index contributed by atoms with van der Waals surface area (Å²) in [5.41, 5.74) is 0.912. The van der Waals surface area contributed by atoms with Crippen LogP contribution < -0.4 is 4.90 Å². The average Bonchev–Trinajstić information content (AvgIpc) is 2.89. The molecule has 0 amide bonds. The minimum Gasteiger partial charge on any atom is -0.383 e. The van der Waals surface area contributed by atoms with E-state index in [4.69, 9.17) is 0 Å². The standard InChI is InChI=1S/C14H15F3N2OS/c15-14(16,17)12(20)9-5-7-19(8-6-9)13-18-10-3-1-2-4-11(10)21-13/h1-4,9,12,20H,5-8H2. The van der Waals surface area contributed by atoms with Crippen molar-refractivity contribution in [3.8, 4) is 0 Å². The number of aliphatic hydroxyl groups excluding tert-OH is 1. The van der Waals surface area contributed by atoms with Gasteiger partial charge in [-0.05, 0) is 30.9 Å². The number of alkyl halides is 3. The normalized spacial score (nSPS) is 19.1. The van der Waals surface area contributed by atoms with Gasteiger partial charge in [-0.25, -0.2) is 4.98 Å². The molecule has 0 bridgehead atoms. The number of fused-ring (bicyclic) bond motifs is 1. The van der Waals surface area contributed by atoms with Crippen LogP contribution in [0.15, 0.2) is 24.3 Å². The van der Waals surface area contributed by atoms with Crippen LogP contribution in [0.3, 0.4) is 0 Å². The zero-order valence-corrected chi connectivity index (χ0v) is 12.0. The van der Waals surface area contributed by atoms with E-state index in [1.807, 2.05) is 29.2 Å². The van der Waals surface area contributed by atoms with Gasteiger partial charge in [-0.3, -0.25) is 0 Å². The van der Waals surface area contributed by atoms with E-state index in [1.54, 1.807) is 11.3 Å². The molecular weight excluding hydrogens is 301 g/mol. The van der Waals surface area contributed by atoms with Crippen molar-refractivity contribution in [3.63, 3.8) is 0 Å². The predicted molar refractivity (Wildman–Crippen MR) is 76.6 cm³/mol.